The molecule has 1 unspecified atom stereocenters. The van der Waals surface area contributed by atoms with Crippen molar-refractivity contribution < 1.29 is 9.47 Å². The predicted molar refractivity (Wildman–Crippen MR) is 73.6 cm³/mol. The van der Waals surface area contributed by atoms with Crippen LogP contribution in [-0.2, 0) is 5.54 Å². The zero-order chi connectivity index (χ0) is 13.3. The second-order valence-corrected chi connectivity index (χ2v) is 5.29. The standard InChI is InChI=1S/C15H23NO2/c1-10-9-12(15(3)7-6-8-16-15)11(2)14(18-5)13(10)17-4/h9,16H,6-8H2,1-5H3. The van der Waals surface area contributed by atoms with E-state index in [1.54, 1.807) is 14.2 Å². The molecule has 1 atom stereocenters. The summed E-state index contributed by atoms with van der Waals surface area (Å²) in [5.74, 6) is 1.71. The molecule has 1 aliphatic rings. The van der Waals surface area contributed by atoms with Crippen LogP contribution in [0.3, 0.4) is 0 Å². The molecule has 2 rings (SSSR count). The first-order chi connectivity index (χ1) is 8.53. The Bertz CT molecular complexity index is 448. The lowest BCUT2D eigenvalue weighted by Gasteiger charge is -2.29. The van der Waals surface area contributed by atoms with E-state index in [0.29, 0.717) is 0 Å². The van der Waals surface area contributed by atoms with Gasteiger partial charge in [-0.2, -0.15) is 0 Å². The number of ether oxygens (including phenoxy) is 2. The first-order valence-electron chi connectivity index (χ1n) is 6.51. The average Bonchev–Trinajstić information content (AvgIpc) is 2.79. The van der Waals surface area contributed by atoms with Gasteiger partial charge in [0.2, 0.25) is 0 Å². The van der Waals surface area contributed by atoms with Crippen molar-refractivity contribution in [2.24, 2.45) is 0 Å². The van der Waals surface area contributed by atoms with Crippen molar-refractivity contribution in [1.29, 1.82) is 0 Å². The van der Waals surface area contributed by atoms with Gasteiger partial charge in [0.05, 0.1) is 14.2 Å². The smallest absolute Gasteiger partial charge is 0.164 e. The number of benzene rings is 1. The van der Waals surface area contributed by atoms with Gasteiger partial charge in [0.25, 0.3) is 0 Å². The number of hydrogen-bond donors (Lipinski definition) is 1. The largest absolute Gasteiger partial charge is 0.493 e. The van der Waals surface area contributed by atoms with Gasteiger partial charge in [-0.05, 0) is 56.8 Å². The second-order valence-electron chi connectivity index (χ2n) is 5.29. The SMILES string of the molecule is COc1c(C)cc(C2(C)CCCN2)c(C)c1OC. The topological polar surface area (TPSA) is 30.5 Å². The number of aryl methyl sites for hydroxylation is 1. The van der Waals surface area contributed by atoms with Gasteiger partial charge in [0.15, 0.2) is 11.5 Å². The van der Waals surface area contributed by atoms with Gasteiger partial charge < -0.3 is 14.8 Å². The minimum absolute atomic E-state index is 0.0639. The molecule has 0 saturated carbocycles. The van der Waals surface area contributed by atoms with Crippen LogP contribution in [0.2, 0.25) is 0 Å². The third-order valence-electron chi connectivity index (χ3n) is 4.04. The van der Waals surface area contributed by atoms with Crippen LogP contribution >= 0.6 is 0 Å². The van der Waals surface area contributed by atoms with Crippen molar-refractivity contribution in [1.82, 2.24) is 5.32 Å². The van der Waals surface area contributed by atoms with Crippen LogP contribution in [0.15, 0.2) is 6.07 Å². The molecule has 1 aromatic carbocycles. The van der Waals surface area contributed by atoms with E-state index in [2.05, 4.69) is 32.2 Å². The fourth-order valence-corrected chi connectivity index (χ4v) is 3.06. The van der Waals surface area contributed by atoms with E-state index in [-0.39, 0.29) is 5.54 Å². The van der Waals surface area contributed by atoms with Crippen molar-refractivity contribution >= 4 is 0 Å². The molecule has 0 bridgehead atoms. The van der Waals surface area contributed by atoms with Crippen molar-refractivity contribution in [3.05, 3.63) is 22.8 Å². The van der Waals surface area contributed by atoms with Gasteiger partial charge in [-0.3, -0.25) is 0 Å². The average molecular weight is 249 g/mol. The Morgan fingerprint density at radius 3 is 2.33 bits per heavy atom. The summed E-state index contributed by atoms with van der Waals surface area (Å²) in [7, 11) is 3.40. The summed E-state index contributed by atoms with van der Waals surface area (Å²) in [6, 6.07) is 2.23. The molecule has 1 aliphatic heterocycles. The van der Waals surface area contributed by atoms with Crippen molar-refractivity contribution in [2.45, 2.75) is 39.2 Å². The summed E-state index contributed by atoms with van der Waals surface area (Å²) in [5.41, 5.74) is 3.70. The molecule has 0 spiro atoms. The van der Waals surface area contributed by atoms with Gasteiger partial charge in [-0.25, -0.2) is 0 Å². The molecule has 3 heteroatoms. The fraction of sp³-hybridized carbons (Fsp3) is 0.600. The summed E-state index contributed by atoms with van der Waals surface area (Å²) in [6.45, 7) is 7.54. The molecular weight excluding hydrogens is 226 g/mol. The van der Waals surface area contributed by atoms with E-state index >= 15 is 0 Å². The predicted octanol–water partition coefficient (Wildman–Crippen LogP) is 2.92. The van der Waals surface area contributed by atoms with Gasteiger partial charge in [0, 0.05) is 5.54 Å². The minimum atomic E-state index is 0.0639. The summed E-state index contributed by atoms with van der Waals surface area (Å²) in [6.07, 6.45) is 2.39. The van der Waals surface area contributed by atoms with E-state index in [1.165, 1.54) is 24.0 Å². The molecule has 1 heterocycles. The molecule has 0 radical (unpaired) electrons. The zero-order valence-electron chi connectivity index (χ0n) is 12.0. The number of nitrogens with one attached hydrogen (secondary N) is 1. The number of rotatable bonds is 3. The summed E-state index contributed by atoms with van der Waals surface area (Å²) in [5, 5.41) is 3.61. The quantitative estimate of drug-likeness (QED) is 0.893. The van der Waals surface area contributed by atoms with E-state index in [4.69, 9.17) is 9.47 Å². The van der Waals surface area contributed by atoms with Crippen molar-refractivity contribution in [3.63, 3.8) is 0 Å². The zero-order valence-corrected chi connectivity index (χ0v) is 12.0. The molecule has 1 N–H and O–H groups in total. The molecule has 0 amide bonds. The van der Waals surface area contributed by atoms with Crippen LogP contribution in [0.25, 0.3) is 0 Å². The minimum Gasteiger partial charge on any atom is -0.493 e. The molecule has 100 valence electrons. The Morgan fingerprint density at radius 1 is 1.17 bits per heavy atom. The van der Waals surface area contributed by atoms with Crippen molar-refractivity contribution in [3.8, 4) is 11.5 Å². The summed E-state index contributed by atoms with van der Waals surface area (Å²) in [4.78, 5) is 0. The van der Waals surface area contributed by atoms with Crippen LogP contribution in [0.1, 0.15) is 36.5 Å². The Labute approximate surface area is 109 Å². The number of hydrogen-bond acceptors (Lipinski definition) is 3. The number of methoxy groups -OCH3 is 2. The third kappa shape index (κ3) is 1.97. The first-order valence-corrected chi connectivity index (χ1v) is 6.51. The fourth-order valence-electron chi connectivity index (χ4n) is 3.06. The Balaban J connectivity index is 2.59. The maximum atomic E-state index is 5.54. The van der Waals surface area contributed by atoms with E-state index in [9.17, 15) is 0 Å². The first kappa shape index (κ1) is 13.2. The summed E-state index contributed by atoms with van der Waals surface area (Å²) >= 11 is 0. The highest BCUT2D eigenvalue weighted by atomic mass is 16.5. The monoisotopic (exact) mass is 249 g/mol. The lowest BCUT2D eigenvalue weighted by Crippen LogP contribution is -2.34. The van der Waals surface area contributed by atoms with Gasteiger partial charge in [-0.15, -0.1) is 0 Å². The molecule has 0 aromatic heterocycles. The van der Waals surface area contributed by atoms with Crippen LogP contribution in [0.4, 0.5) is 0 Å². The highest BCUT2D eigenvalue weighted by molar-refractivity contribution is 5.56. The second kappa shape index (κ2) is 4.81. The van der Waals surface area contributed by atoms with Crippen LogP contribution in [0, 0.1) is 13.8 Å². The third-order valence-corrected chi connectivity index (χ3v) is 4.04. The molecule has 3 nitrogen and oxygen atoms in total. The van der Waals surface area contributed by atoms with Gasteiger partial charge in [-0.1, -0.05) is 6.07 Å². The molecule has 1 saturated heterocycles. The van der Waals surface area contributed by atoms with Crippen LogP contribution < -0.4 is 14.8 Å². The van der Waals surface area contributed by atoms with Gasteiger partial charge in [0.1, 0.15) is 0 Å². The maximum absolute atomic E-state index is 5.54. The van der Waals surface area contributed by atoms with E-state index in [1.807, 2.05) is 0 Å². The van der Waals surface area contributed by atoms with Crippen LogP contribution in [-0.4, -0.2) is 20.8 Å². The highest BCUT2D eigenvalue weighted by Gasteiger charge is 2.33. The molecule has 1 aromatic rings. The lowest BCUT2D eigenvalue weighted by atomic mass is 9.85. The maximum Gasteiger partial charge on any atom is 0.164 e. The van der Waals surface area contributed by atoms with Crippen molar-refractivity contribution in [2.75, 3.05) is 20.8 Å². The van der Waals surface area contributed by atoms with Gasteiger partial charge >= 0.3 is 0 Å². The highest BCUT2D eigenvalue weighted by Crippen LogP contribution is 2.42. The van der Waals surface area contributed by atoms with E-state index in [0.717, 1.165) is 23.6 Å². The lowest BCUT2D eigenvalue weighted by molar-refractivity contribution is 0.346. The Morgan fingerprint density at radius 2 is 1.83 bits per heavy atom. The Hall–Kier alpha value is -1.22. The molecule has 18 heavy (non-hydrogen) atoms. The molecular formula is C15H23NO2. The van der Waals surface area contributed by atoms with E-state index < -0.39 is 0 Å². The Kier molecular flexibility index (Phi) is 3.53. The molecule has 0 aliphatic carbocycles. The molecule has 1 fully saturated rings. The normalized spacial score (nSPS) is 23.2. The van der Waals surface area contributed by atoms with Crippen LogP contribution in [0.5, 0.6) is 11.5 Å². The summed E-state index contributed by atoms with van der Waals surface area (Å²) < 4.78 is 11.0.